The van der Waals surface area contributed by atoms with Gasteiger partial charge in [-0.25, -0.2) is 9.69 Å². The standard InChI is InChI=1S/C15H18N2O4/c1-3-16-12-9-13(18)17(14(12)19)11-7-5-10(6-8-11)15(20)21-4-2/h5-8,12,16H,3-4,9H2,1-2H3. The minimum Gasteiger partial charge on any atom is -0.462 e. The number of hydrogen-bond donors (Lipinski definition) is 1. The SMILES string of the molecule is CCNC1CC(=O)N(c2ccc(C(=O)OCC)cc2)C1=O. The normalized spacial score (nSPS) is 18.2. The Morgan fingerprint density at radius 1 is 1.29 bits per heavy atom. The van der Waals surface area contributed by atoms with E-state index in [4.69, 9.17) is 4.74 Å². The molecule has 0 bridgehead atoms. The summed E-state index contributed by atoms with van der Waals surface area (Å²) in [6, 6.07) is 5.79. The molecule has 1 fully saturated rings. The van der Waals surface area contributed by atoms with Crippen LogP contribution in [0, 0.1) is 0 Å². The van der Waals surface area contributed by atoms with Crippen LogP contribution in [0.4, 0.5) is 5.69 Å². The molecule has 1 aliphatic rings. The first kappa shape index (κ1) is 15.2. The van der Waals surface area contributed by atoms with Gasteiger partial charge < -0.3 is 10.1 Å². The van der Waals surface area contributed by atoms with Crippen LogP contribution in [-0.4, -0.2) is 37.0 Å². The maximum absolute atomic E-state index is 12.2. The molecule has 2 rings (SSSR count). The number of hydrogen-bond acceptors (Lipinski definition) is 5. The molecule has 1 saturated heterocycles. The van der Waals surface area contributed by atoms with Gasteiger partial charge in [-0.05, 0) is 37.7 Å². The van der Waals surface area contributed by atoms with Crippen LogP contribution >= 0.6 is 0 Å². The van der Waals surface area contributed by atoms with Crippen molar-refractivity contribution in [2.75, 3.05) is 18.1 Å². The Hall–Kier alpha value is -2.21. The Morgan fingerprint density at radius 2 is 1.95 bits per heavy atom. The number of carbonyl (C=O) groups excluding carboxylic acids is 3. The smallest absolute Gasteiger partial charge is 0.338 e. The number of anilines is 1. The zero-order valence-corrected chi connectivity index (χ0v) is 12.1. The number of nitrogens with zero attached hydrogens (tertiary/aromatic N) is 1. The Balaban J connectivity index is 2.17. The van der Waals surface area contributed by atoms with Gasteiger partial charge in [0, 0.05) is 0 Å². The molecule has 6 heteroatoms. The van der Waals surface area contributed by atoms with Gasteiger partial charge in [-0.15, -0.1) is 0 Å². The van der Waals surface area contributed by atoms with Gasteiger partial charge in [-0.2, -0.15) is 0 Å². The van der Waals surface area contributed by atoms with Crippen LogP contribution < -0.4 is 10.2 Å². The summed E-state index contributed by atoms with van der Waals surface area (Å²) in [5.74, 6) is -0.922. The number of rotatable bonds is 5. The first-order valence-corrected chi connectivity index (χ1v) is 6.95. The van der Waals surface area contributed by atoms with E-state index in [-0.39, 0.29) is 18.2 Å². The molecule has 1 aliphatic heterocycles. The Kier molecular flexibility index (Phi) is 4.70. The summed E-state index contributed by atoms with van der Waals surface area (Å²) in [5, 5.41) is 2.98. The van der Waals surface area contributed by atoms with E-state index >= 15 is 0 Å². The summed E-state index contributed by atoms with van der Waals surface area (Å²) in [7, 11) is 0. The van der Waals surface area contributed by atoms with Crippen molar-refractivity contribution in [3.8, 4) is 0 Å². The number of benzene rings is 1. The third-order valence-corrected chi connectivity index (χ3v) is 3.23. The second-order valence-electron chi connectivity index (χ2n) is 4.65. The molecule has 1 aromatic rings. The predicted molar refractivity (Wildman–Crippen MR) is 77.0 cm³/mol. The fraction of sp³-hybridized carbons (Fsp3) is 0.400. The lowest BCUT2D eigenvalue weighted by Gasteiger charge is -2.15. The monoisotopic (exact) mass is 290 g/mol. The van der Waals surface area contributed by atoms with Gasteiger partial charge in [0.15, 0.2) is 0 Å². The van der Waals surface area contributed by atoms with Crippen molar-refractivity contribution < 1.29 is 19.1 Å². The van der Waals surface area contributed by atoms with E-state index in [1.165, 1.54) is 0 Å². The molecule has 1 unspecified atom stereocenters. The van der Waals surface area contributed by atoms with E-state index in [0.29, 0.717) is 24.4 Å². The second-order valence-corrected chi connectivity index (χ2v) is 4.65. The van der Waals surface area contributed by atoms with Crippen molar-refractivity contribution in [2.45, 2.75) is 26.3 Å². The number of ether oxygens (including phenoxy) is 1. The zero-order chi connectivity index (χ0) is 15.4. The van der Waals surface area contributed by atoms with Crippen molar-refractivity contribution in [2.24, 2.45) is 0 Å². The molecule has 2 amide bonds. The van der Waals surface area contributed by atoms with Crippen molar-refractivity contribution in [3.63, 3.8) is 0 Å². The van der Waals surface area contributed by atoms with E-state index in [9.17, 15) is 14.4 Å². The number of likely N-dealkylation sites (N-methyl/N-ethyl adjacent to an activating group) is 1. The van der Waals surface area contributed by atoms with Crippen molar-refractivity contribution in [1.82, 2.24) is 5.32 Å². The van der Waals surface area contributed by atoms with E-state index in [0.717, 1.165) is 4.90 Å². The molecule has 0 saturated carbocycles. The molecule has 6 nitrogen and oxygen atoms in total. The highest BCUT2D eigenvalue weighted by molar-refractivity contribution is 6.22. The summed E-state index contributed by atoms with van der Waals surface area (Å²) in [4.78, 5) is 36.9. The summed E-state index contributed by atoms with van der Waals surface area (Å²) in [5.41, 5.74) is 0.862. The molecule has 0 radical (unpaired) electrons. The summed E-state index contributed by atoms with van der Waals surface area (Å²) >= 11 is 0. The molecular formula is C15H18N2O4. The Bertz CT molecular complexity index is 553. The summed E-state index contributed by atoms with van der Waals surface area (Å²) in [6.07, 6.45) is 0.159. The Labute approximate surface area is 123 Å². The Morgan fingerprint density at radius 3 is 2.52 bits per heavy atom. The largest absolute Gasteiger partial charge is 0.462 e. The fourth-order valence-corrected chi connectivity index (χ4v) is 2.27. The fourth-order valence-electron chi connectivity index (χ4n) is 2.27. The third-order valence-electron chi connectivity index (χ3n) is 3.23. The topological polar surface area (TPSA) is 75.7 Å². The molecule has 0 aromatic heterocycles. The summed E-state index contributed by atoms with van der Waals surface area (Å²) in [6.45, 7) is 4.54. The van der Waals surface area contributed by atoms with Gasteiger partial charge in [-0.1, -0.05) is 6.92 Å². The molecule has 112 valence electrons. The van der Waals surface area contributed by atoms with Gasteiger partial charge in [0.2, 0.25) is 5.91 Å². The number of carbonyl (C=O) groups is 3. The average Bonchev–Trinajstić information content (AvgIpc) is 2.74. The van der Waals surface area contributed by atoms with Gasteiger partial charge in [0.1, 0.15) is 0 Å². The number of nitrogens with one attached hydrogen (secondary N) is 1. The number of imide groups is 1. The van der Waals surface area contributed by atoms with E-state index < -0.39 is 12.0 Å². The minimum absolute atomic E-state index is 0.159. The molecule has 21 heavy (non-hydrogen) atoms. The van der Waals surface area contributed by atoms with Crippen molar-refractivity contribution >= 4 is 23.5 Å². The van der Waals surface area contributed by atoms with Gasteiger partial charge in [0.25, 0.3) is 5.91 Å². The molecule has 1 N–H and O–H groups in total. The maximum atomic E-state index is 12.2. The number of esters is 1. The highest BCUT2D eigenvalue weighted by Gasteiger charge is 2.38. The quantitative estimate of drug-likeness (QED) is 0.649. The van der Waals surface area contributed by atoms with Crippen LogP contribution in [-0.2, 0) is 14.3 Å². The average molecular weight is 290 g/mol. The molecular weight excluding hydrogens is 272 g/mol. The summed E-state index contributed by atoms with van der Waals surface area (Å²) < 4.78 is 4.89. The van der Waals surface area contributed by atoms with Crippen LogP contribution in [0.2, 0.25) is 0 Å². The van der Waals surface area contributed by atoms with Crippen LogP contribution in [0.5, 0.6) is 0 Å². The molecule has 1 atom stereocenters. The van der Waals surface area contributed by atoms with Crippen LogP contribution in [0.25, 0.3) is 0 Å². The number of amides is 2. The van der Waals surface area contributed by atoms with Crippen molar-refractivity contribution in [3.05, 3.63) is 29.8 Å². The molecule has 0 aliphatic carbocycles. The molecule has 1 heterocycles. The van der Waals surface area contributed by atoms with Crippen LogP contribution in [0.1, 0.15) is 30.6 Å². The minimum atomic E-state index is -0.466. The van der Waals surface area contributed by atoms with E-state index in [1.807, 2.05) is 6.92 Å². The van der Waals surface area contributed by atoms with Gasteiger partial charge >= 0.3 is 5.97 Å². The predicted octanol–water partition coefficient (Wildman–Crippen LogP) is 1.10. The van der Waals surface area contributed by atoms with Gasteiger partial charge in [-0.3, -0.25) is 9.59 Å². The van der Waals surface area contributed by atoms with Crippen molar-refractivity contribution in [1.29, 1.82) is 0 Å². The first-order chi connectivity index (χ1) is 10.1. The highest BCUT2D eigenvalue weighted by atomic mass is 16.5. The zero-order valence-electron chi connectivity index (χ0n) is 12.1. The first-order valence-electron chi connectivity index (χ1n) is 6.95. The second kappa shape index (κ2) is 6.49. The van der Waals surface area contributed by atoms with E-state index in [2.05, 4.69) is 5.32 Å². The third kappa shape index (κ3) is 3.11. The van der Waals surface area contributed by atoms with Crippen LogP contribution in [0.3, 0.4) is 0 Å². The lowest BCUT2D eigenvalue weighted by atomic mass is 10.2. The lowest BCUT2D eigenvalue weighted by molar-refractivity contribution is -0.121. The van der Waals surface area contributed by atoms with Crippen LogP contribution in [0.15, 0.2) is 24.3 Å². The molecule has 0 spiro atoms. The lowest BCUT2D eigenvalue weighted by Crippen LogP contribution is -2.38. The van der Waals surface area contributed by atoms with E-state index in [1.54, 1.807) is 31.2 Å². The highest BCUT2D eigenvalue weighted by Crippen LogP contribution is 2.23. The molecule has 1 aromatic carbocycles. The maximum Gasteiger partial charge on any atom is 0.338 e. The van der Waals surface area contributed by atoms with Gasteiger partial charge in [0.05, 0.1) is 30.3 Å².